The van der Waals surface area contributed by atoms with Crippen molar-refractivity contribution < 1.29 is 9.18 Å². The zero-order valence-corrected chi connectivity index (χ0v) is 18.1. The van der Waals surface area contributed by atoms with E-state index in [-0.39, 0.29) is 42.1 Å². The largest absolute Gasteiger partial charge is 0.354 e. The molecule has 1 aliphatic rings. The number of likely N-dealkylation sites (tertiary alicyclic amines) is 1. The molecule has 5 nitrogen and oxygen atoms in total. The van der Waals surface area contributed by atoms with Crippen LogP contribution in [0.25, 0.3) is 0 Å². The minimum absolute atomic E-state index is 0. The predicted molar refractivity (Wildman–Crippen MR) is 114 cm³/mol. The van der Waals surface area contributed by atoms with Gasteiger partial charge in [-0.1, -0.05) is 26.0 Å². The number of piperidine rings is 1. The van der Waals surface area contributed by atoms with Gasteiger partial charge in [0, 0.05) is 33.2 Å². The summed E-state index contributed by atoms with van der Waals surface area (Å²) >= 11 is 0. The van der Waals surface area contributed by atoms with Crippen molar-refractivity contribution in [2.75, 3.05) is 33.2 Å². The van der Waals surface area contributed by atoms with E-state index >= 15 is 0 Å². The molecule has 0 aliphatic carbocycles. The van der Waals surface area contributed by atoms with Gasteiger partial charge in [0.1, 0.15) is 5.82 Å². The number of amides is 1. The fraction of sp³-hybridized carbons (Fsp3) is 0.579. The molecule has 0 bridgehead atoms. The van der Waals surface area contributed by atoms with Gasteiger partial charge in [0.05, 0.1) is 6.42 Å². The van der Waals surface area contributed by atoms with Crippen LogP contribution in [0.2, 0.25) is 0 Å². The van der Waals surface area contributed by atoms with Crippen molar-refractivity contribution in [2.24, 2.45) is 16.8 Å². The third kappa shape index (κ3) is 7.47. The van der Waals surface area contributed by atoms with E-state index in [1.165, 1.54) is 18.6 Å². The van der Waals surface area contributed by atoms with Crippen molar-refractivity contribution in [3.63, 3.8) is 0 Å². The minimum Gasteiger partial charge on any atom is -0.354 e. The molecule has 1 aromatic carbocycles. The number of aliphatic imine (C=N–C) groups is 1. The molecule has 1 heterocycles. The summed E-state index contributed by atoms with van der Waals surface area (Å²) in [6.45, 7) is 7.72. The highest BCUT2D eigenvalue weighted by Crippen LogP contribution is 2.20. The normalized spacial score (nSPS) is 20.3. The van der Waals surface area contributed by atoms with E-state index < -0.39 is 0 Å². The Hall–Kier alpha value is -1.38. The second kappa shape index (κ2) is 11.4. The summed E-state index contributed by atoms with van der Waals surface area (Å²) in [5, 5.41) is 6.20. The molecule has 0 radical (unpaired) electrons. The van der Waals surface area contributed by atoms with E-state index in [0.717, 1.165) is 24.6 Å². The zero-order valence-electron chi connectivity index (χ0n) is 15.8. The Morgan fingerprint density at radius 1 is 1.15 bits per heavy atom. The van der Waals surface area contributed by atoms with Crippen molar-refractivity contribution in [3.05, 3.63) is 35.6 Å². The van der Waals surface area contributed by atoms with Crippen LogP contribution in [0.1, 0.15) is 25.8 Å². The van der Waals surface area contributed by atoms with Crippen molar-refractivity contribution >= 4 is 35.8 Å². The summed E-state index contributed by atoms with van der Waals surface area (Å²) in [6.07, 6.45) is 1.52. The van der Waals surface area contributed by atoms with Gasteiger partial charge in [-0.25, -0.2) is 4.39 Å². The second-order valence-corrected chi connectivity index (χ2v) is 6.98. The average Bonchev–Trinajstić information content (AvgIpc) is 2.56. The molecule has 0 aromatic heterocycles. The zero-order chi connectivity index (χ0) is 18.2. The number of halogens is 2. The molecule has 146 valence electrons. The number of carbonyl (C=O) groups excluding carboxylic acids is 1. The van der Waals surface area contributed by atoms with E-state index in [0.29, 0.717) is 24.9 Å². The van der Waals surface area contributed by atoms with Crippen LogP contribution < -0.4 is 10.6 Å². The van der Waals surface area contributed by atoms with Crippen LogP contribution in [0.3, 0.4) is 0 Å². The maximum absolute atomic E-state index is 12.9. The van der Waals surface area contributed by atoms with Gasteiger partial charge in [0.2, 0.25) is 5.91 Å². The van der Waals surface area contributed by atoms with Crippen LogP contribution in [0.4, 0.5) is 4.39 Å². The summed E-state index contributed by atoms with van der Waals surface area (Å²) in [5.74, 6) is 1.87. The maximum Gasteiger partial charge on any atom is 0.224 e. The first kappa shape index (κ1) is 22.7. The molecule has 1 saturated heterocycles. The van der Waals surface area contributed by atoms with Crippen molar-refractivity contribution in [1.29, 1.82) is 0 Å². The van der Waals surface area contributed by atoms with Gasteiger partial charge in [0.25, 0.3) is 0 Å². The van der Waals surface area contributed by atoms with Gasteiger partial charge in [0.15, 0.2) is 5.96 Å². The molecule has 2 unspecified atom stereocenters. The van der Waals surface area contributed by atoms with E-state index in [9.17, 15) is 9.18 Å². The molecule has 7 heteroatoms. The summed E-state index contributed by atoms with van der Waals surface area (Å²) in [4.78, 5) is 18.6. The summed E-state index contributed by atoms with van der Waals surface area (Å²) in [7, 11) is 1.79. The minimum atomic E-state index is -0.291. The van der Waals surface area contributed by atoms with E-state index in [1.54, 1.807) is 19.2 Å². The fourth-order valence-corrected chi connectivity index (χ4v) is 3.39. The molecule has 1 amide bonds. The first-order chi connectivity index (χ1) is 12.0. The second-order valence-electron chi connectivity index (χ2n) is 6.98. The lowest BCUT2D eigenvalue weighted by Gasteiger charge is -2.37. The predicted octanol–water partition coefficient (Wildman–Crippen LogP) is 2.66. The Balaban J connectivity index is 0.00000338. The Bertz CT molecular complexity index is 584. The quantitative estimate of drug-likeness (QED) is 0.298. The first-order valence-electron chi connectivity index (χ1n) is 8.94. The summed E-state index contributed by atoms with van der Waals surface area (Å²) < 4.78 is 12.9. The van der Waals surface area contributed by atoms with Crippen molar-refractivity contribution in [3.8, 4) is 0 Å². The van der Waals surface area contributed by atoms with Crippen LogP contribution in [0.15, 0.2) is 29.3 Å². The monoisotopic (exact) mass is 476 g/mol. The lowest BCUT2D eigenvalue weighted by atomic mass is 9.92. The highest BCUT2D eigenvalue weighted by molar-refractivity contribution is 14.0. The molecule has 26 heavy (non-hydrogen) atoms. The van der Waals surface area contributed by atoms with E-state index in [4.69, 9.17) is 0 Å². The van der Waals surface area contributed by atoms with Crippen LogP contribution in [0, 0.1) is 17.7 Å². The van der Waals surface area contributed by atoms with Crippen LogP contribution in [0.5, 0.6) is 0 Å². The number of hydrogen-bond donors (Lipinski definition) is 2. The Morgan fingerprint density at radius 3 is 2.31 bits per heavy atom. The molecule has 1 aliphatic heterocycles. The molecule has 1 fully saturated rings. The third-order valence-corrected chi connectivity index (χ3v) is 4.39. The first-order valence-corrected chi connectivity index (χ1v) is 8.94. The highest BCUT2D eigenvalue weighted by atomic mass is 127. The highest BCUT2D eigenvalue weighted by Gasteiger charge is 2.23. The smallest absolute Gasteiger partial charge is 0.224 e. The van der Waals surface area contributed by atoms with Crippen LogP contribution in [-0.4, -0.2) is 50.0 Å². The fourth-order valence-electron chi connectivity index (χ4n) is 3.39. The Kier molecular flexibility index (Phi) is 9.90. The van der Waals surface area contributed by atoms with Gasteiger partial charge in [-0.15, -0.1) is 24.0 Å². The molecule has 0 saturated carbocycles. The number of rotatable bonds is 5. The summed E-state index contributed by atoms with van der Waals surface area (Å²) in [6, 6.07) is 6.00. The van der Waals surface area contributed by atoms with Crippen molar-refractivity contribution in [1.82, 2.24) is 15.5 Å². The van der Waals surface area contributed by atoms with Gasteiger partial charge >= 0.3 is 0 Å². The number of benzene rings is 1. The lowest BCUT2D eigenvalue weighted by Crippen LogP contribution is -2.49. The van der Waals surface area contributed by atoms with Gasteiger partial charge in [-0.3, -0.25) is 9.79 Å². The van der Waals surface area contributed by atoms with Crippen LogP contribution in [-0.2, 0) is 11.2 Å². The number of nitrogens with one attached hydrogen (secondary N) is 2. The molecule has 2 N–H and O–H groups in total. The Morgan fingerprint density at radius 2 is 1.73 bits per heavy atom. The third-order valence-electron chi connectivity index (χ3n) is 4.39. The lowest BCUT2D eigenvalue weighted by molar-refractivity contribution is -0.120. The van der Waals surface area contributed by atoms with Crippen LogP contribution >= 0.6 is 24.0 Å². The van der Waals surface area contributed by atoms with E-state index in [2.05, 4.69) is 34.4 Å². The molecular weight excluding hydrogens is 446 g/mol. The molecule has 1 aromatic rings. The molecule has 2 atom stereocenters. The topological polar surface area (TPSA) is 56.7 Å². The van der Waals surface area contributed by atoms with E-state index in [1.807, 2.05) is 0 Å². The Labute approximate surface area is 172 Å². The molecular formula is C19H30FIN4O. The SMILES string of the molecule is CN=C(NCCNC(=O)Cc1ccc(F)cc1)N1CC(C)CC(C)C1.I. The van der Waals surface area contributed by atoms with Gasteiger partial charge in [-0.2, -0.15) is 0 Å². The van der Waals surface area contributed by atoms with Gasteiger partial charge in [-0.05, 0) is 36.0 Å². The van der Waals surface area contributed by atoms with Gasteiger partial charge < -0.3 is 15.5 Å². The van der Waals surface area contributed by atoms with Crippen molar-refractivity contribution in [2.45, 2.75) is 26.7 Å². The number of guanidine groups is 1. The summed E-state index contributed by atoms with van der Waals surface area (Å²) in [5.41, 5.74) is 0.805. The molecule has 0 spiro atoms. The number of carbonyl (C=O) groups is 1. The number of hydrogen-bond acceptors (Lipinski definition) is 2. The number of nitrogens with zero attached hydrogens (tertiary/aromatic N) is 2. The maximum atomic E-state index is 12.9. The average molecular weight is 476 g/mol. The molecule has 2 rings (SSSR count). The standard InChI is InChI=1S/C19H29FN4O.HI/c1-14-10-15(2)13-24(12-14)19(21-3)23-9-8-22-18(25)11-16-4-6-17(20)7-5-16;/h4-7,14-15H,8-13H2,1-3H3,(H,21,23)(H,22,25);1H.